The van der Waals surface area contributed by atoms with Crippen molar-refractivity contribution >= 4 is 23.2 Å². The number of benzene rings is 2. The molecule has 0 aliphatic heterocycles. The molecule has 30 heavy (non-hydrogen) atoms. The van der Waals surface area contributed by atoms with Crippen molar-refractivity contribution in [3.63, 3.8) is 0 Å². The monoisotopic (exact) mass is 424 g/mol. The number of hydrogen-bond acceptors (Lipinski definition) is 5. The van der Waals surface area contributed by atoms with Gasteiger partial charge >= 0.3 is 0 Å². The summed E-state index contributed by atoms with van der Waals surface area (Å²) in [5, 5.41) is 6.57. The molecule has 0 atom stereocenters. The zero-order valence-electron chi connectivity index (χ0n) is 15.4. The third-order valence-corrected chi connectivity index (χ3v) is 4.47. The van der Waals surface area contributed by atoms with E-state index in [0.717, 1.165) is 11.6 Å². The molecular weight excluding hydrogens is 411 g/mol. The average molecular weight is 425 g/mol. The first-order chi connectivity index (χ1) is 14.5. The maximum atomic E-state index is 13.9. The molecule has 0 spiro atoms. The molecule has 9 heteroatoms. The van der Waals surface area contributed by atoms with Gasteiger partial charge in [-0.2, -0.15) is 4.98 Å². The van der Waals surface area contributed by atoms with Gasteiger partial charge in [-0.1, -0.05) is 53.2 Å². The van der Waals surface area contributed by atoms with Crippen LogP contribution in [0.15, 0.2) is 76.0 Å². The Morgan fingerprint density at radius 2 is 1.90 bits per heavy atom. The van der Waals surface area contributed by atoms with Crippen LogP contribution in [0.25, 0.3) is 23.0 Å². The van der Waals surface area contributed by atoms with Crippen LogP contribution < -0.4 is 10.9 Å². The van der Waals surface area contributed by atoms with E-state index in [1.807, 2.05) is 30.3 Å². The lowest BCUT2D eigenvalue weighted by atomic mass is 10.2. The SMILES string of the molecule is O=C(Cn1c(-c2nc(-c3ccccc3)no2)cccc1=O)Nc1ccc(Cl)cc1F. The first-order valence-corrected chi connectivity index (χ1v) is 9.23. The zero-order chi connectivity index (χ0) is 21.1. The number of aromatic nitrogens is 3. The summed E-state index contributed by atoms with van der Waals surface area (Å²) in [7, 11) is 0. The van der Waals surface area contributed by atoms with Crippen molar-refractivity contribution in [3.8, 4) is 23.0 Å². The van der Waals surface area contributed by atoms with E-state index in [0.29, 0.717) is 5.82 Å². The molecule has 0 saturated carbocycles. The molecule has 0 saturated heterocycles. The van der Waals surface area contributed by atoms with E-state index in [9.17, 15) is 14.0 Å². The summed E-state index contributed by atoms with van der Waals surface area (Å²) in [6.45, 7) is -0.375. The number of amides is 1. The van der Waals surface area contributed by atoms with Gasteiger partial charge in [0.15, 0.2) is 0 Å². The maximum absolute atomic E-state index is 13.9. The molecule has 0 aliphatic rings. The Kier molecular flexibility index (Phi) is 5.40. The summed E-state index contributed by atoms with van der Waals surface area (Å²) >= 11 is 5.72. The van der Waals surface area contributed by atoms with E-state index >= 15 is 0 Å². The number of pyridine rings is 1. The molecular formula is C21H14ClFN4O3. The topological polar surface area (TPSA) is 90.0 Å². The van der Waals surface area contributed by atoms with Gasteiger partial charge in [-0.25, -0.2) is 4.39 Å². The number of nitrogens with zero attached hydrogens (tertiary/aromatic N) is 3. The van der Waals surface area contributed by atoms with Crippen LogP contribution >= 0.6 is 11.6 Å². The maximum Gasteiger partial charge on any atom is 0.274 e. The third kappa shape index (κ3) is 4.13. The van der Waals surface area contributed by atoms with Crippen molar-refractivity contribution in [1.29, 1.82) is 0 Å². The number of carbonyl (C=O) groups is 1. The number of halogens is 2. The van der Waals surface area contributed by atoms with E-state index in [1.165, 1.54) is 28.8 Å². The highest BCUT2D eigenvalue weighted by Gasteiger charge is 2.17. The number of nitrogens with one attached hydrogen (secondary N) is 1. The van der Waals surface area contributed by atoms with Crippen LogP contribution in [0, 0.1) is 5.82 Å². The van der Waals surface area contributed by atoms with Crippen molar-refractivity contribution < 1.29 is 13.7 Å². The molecule has 0 radical (unpaired) electrons. The fourth-order valence-electron chi connectivity index (χ4n) is 2.83. The molecule has 4 aromatic rings. The second-order valence-electron chi connectivity index (χ2n) is 6.30. The predicted octanol–water partition coefficient (Wildman–Crippen LogP) is 4.00. The largest absolute Gasteiger partial charge is 0.332 e. The minimum absolute atomic E-state index is 0.0425. The third-order valence-electron chi connectivity index (χ3n) is 4.23. The summed E-state index contributed by atoms with van der Waals surface area (Å²) in [6.07, 6.45) is 0. The van der Waals surface area contributed by atoms with Gasteiger partial charge in [0.1, 0.15) is 18.1 Å². The quantitative estimate of drug-likeness (QED) is 0.523. The number of rotatable bonds is 5. The number of anilines is 1. The van der Waals surface area contributed by atoms with E-state index < -0.39 is 17.3 Å². The van der Waals surface area contributed by atoms with Crippen LogP contribution in [0.4, 0.5) is 10.1 Å². The van der Waals surface area contributed by atoms with Crippen LogP contribution in [0.5, 0.6) is 0 Å². The van der Waals surface area contributed by atoms with Gasteiger partial charge in [0.25, 0.3) is 11.4 Å². The molecule has 0 unspecified atom stereocenters. The normalized spacial score (nSPS) is 10.7. The van der Waals surface area contributed by atoms with Crippen molar-refractivity contribution in [2.75, 3.05) is 5.32 Å². The Labute approximate surface area is 174 Å². The fraction of sp³-hybridized carbons (Fsp3) is 0.0476. The smallest absolute Gasteiger partial charge is 0.274 e. The van der Waals surface area contributed by atoms with Crippen molar-refractivity contribution in [2.24, 2.45) is 0 Å². The second-order valence-corrected chi connectivity index (χ2v) is 6.73. The second kappa shape index (κ2) is 8.30. The predicted molar refractivity (Wildman–Crippen MR) is 109 cm³/mol. The van der Waals surface area contributed by atoms with E-state index in [-0.39, 0.29) is 28.8 Å². The molecule has 0 fully saturated rings. The Morgan fingerprint density at radius 1 is 1.10 bits per heavy atom. The van der Waals surface area contributed by atoms with Crippen LogP contribution in [-0.2, 0) is 11.3 Å². The molecule has 2 heterocycles. The first-order valence-electron chi connectivity index (χ1n) is 8.85. The van der Waals surface area contributed by atoms with Crippen molar-refractivity contribution in [3.05, 3.63) is 87.9 Å². The summed E-state index contributed by atoms with van der Waals surface area (Å²) in [6, 6.07) is 17.5. The molecule has 150 valence electrons. The van der Waals surface area contributed by atoms with E-state index in [4.69, 9.17) is 16.1 Å². The van der Waals surface area contributed by atoms with Gasteiger partial charge in [0, 0.05) is 16.7 Å². The summed E-state index contributed by atoms with van der Waals surface area (Å²) in [5.74, 6) is -0.854. The zero-order valence-corrected chi connectivity index (χ0v) is 16.1. The summed E-state index contributed by atoms with van der Waals surface area (Å²) < 4.78 is 20.4. The Morgan fingerprint density at radius 3 is 2.67 bits per heavy atom. The number of hydrogen-bond donors (Lipinski definition) is 1. The highest BCUT2D eigenvalue weighted by atomic mass is 35.5. The van der Waals surface area contributed by atoms with Crippen molar-refractivity contribution in [1.82, 2.24) is 14.7 Å². The molecule has 0 bridgehead atoms. The summed E-state index contributed by atoms with van der Waals surface area (Å²) in [4.78, 5) is 29.2. The molecule has 4 rings (SSSR count). The fourth-order valence-corrected chi connectivity index (χ4v) is 2.99. The number of carbonyl (C=O) groups excluding carboxylic acids is 1. The molecule has 0 aliphatic carbocycles. The van der Waals surface area contributed by atoms with Crippen LogP contribution in [0.3, 0.4) is 0 Å². The molecule has 2 aromatic carbocycles. The highest BCUT2D eigenvalue weighted by molar-refractivity contribution is 6.30. The lowest BCUT2D eigenvalue weighted by Crippen LogP contribution is -2.28. The van der Waals surface area contributed by atoms with Crippen LogP contribution in [0.1, 0.15) is 0 Å². The van der Waals surface area contributed by atoms with Gasteiger partial charge in [0.2, 0.25) is 11.7 Å². The minimum atomic E-state index is -0.680. The van der Waals surface area contributed by atoms with Crippen LogP contribution in [-0.4, -0.2) is 20.6 Å². The first kappa shape index (κ1) is 19.5. The molecule has 1 amide bonds. The Hall–Kier alpha value is -3.78. The van der Waals surface area contributed by atoms with Gasteiger partial charge in [-0.15, -0.1) is 0 Å². The Bertz CT molecular complexity index is 1270. The molecule has 1 N–H and O–H groups in total. The van der Waals surface area contributed by atoms with Gasteiger partial charge in [0.05, 0.1) is 5.69 Å². The summed E-state index contributed by atoms with van der Waals surface area (Å²) in [5.41, 5.74) is 0.523. The highest BCUT2D eigenvalue weighted by Crippen LogP contribution is 2.22. The standard InChI is InChI=1S/C21H14ClFN4O3/c22-14-9-10-16(15(23)11-14)24-18(28)12-27-17(7-4-8-19(27)29)21-25-20(26-30-21)13-5-2-1-3-6-13/h1-11H,12H2,(H,24,28). The average Bonchev–Trinajstić information content (AvgIpc) is 3.22. The van der Waals surface area contributed by atoms with E-state index in [1.54, 1.807) is 6.07 Å². The van der Waals surface area contributed by atoms with Crippen LogP contribution in [0.2, 0.25) is 5.02 Å². The minimum Gasteiger partial charge on any atom is -0.332 e. The van der Waals surface area contributed by atoms with Gasteiger partial charge < -0.3 is 9.84 Å². The molecule has 2 aromatic heterocycles. The Balaban J connectivity index is 1.62. The lowest BCUT2D eigenvalue weighted by Gasteiger charge is -2.11. The van der Waals surface area contributed by atoms with Gasteiger partial charge in [-0.05, 0) is 24.3 Å². The van der Waals surface area contributed by atoms with E-state index in [2.05, 4.69) is 15.5 Å². The van der Waals surface area contributed by atoms with Gasteiger partial charge in [-0.3, -0.25) is 14.2 Å². The molecule has 7 nitrogen and oxygen atoms in total. The lowest BCUT2D eigenvalue weighted by molar-refractivity contribution is -0.116. The van der Waals surface area contributed by atoms with Crippen molar-refractivity contribution in [2.45, 2.75) is 6.54 Å².